The van der Waals surface area contributed by atoms with Gasteiger partial charge in [0.15, 0.2) is 6.10 Å². The zero-order valence-electron chi connectivity index (χ0n) is 10.8. The molecule has 0 bridgehead atoms. The summed E-state index contributed by atoms with van der Waals surface area (Å²) >= 11 is 0. The Kier molecular flexibility index (Phi) is 3.90. The average molecular weight is 267 g/mol. The third kappa shape index (κ3) is 2.79. The monoisotopic (exact) mass is 267 g/mol. The van der Waals surface area contributed by atoms with Crippen LogP contribution in [0.1, 0.15) is 6.92 Å². The minimum absolute atomic E-state index is 0.0470. The molecule has 0 aliphatic carbocycles. The number of likely N-dealkylation sites (tertiary alicyclic amines) is 1. The number of carboxylic acid groups (broad SMARTS) is 1. The SMILES string of the molecule is CC1CN(C(=O)N2CCOC(C#N)C2)CC1C(=O)O. The molecule has 2 heterocycles. The topological polar surface area (TPSA) is 93.9 Å². The van der Waals surface area contributed by atoms with Gasteiger partial charge in [-0.1, -0.05) is 6.92 Å². The number of nitriles is 1. The van der Waals surface area contributed by atoms with E-state index in [1.54, 1.807) is 9.80 Å². The van der Waals surface area contributed by atoms with Gasteiger partial charge in [0.25, 0.3) is 0 Å². The highest BCUT2D eigenvalue weighted by Gasteiger charge is 2.39. The van der Waals surface area contributed by atoms with Gasteiger partial charge >= 0.3 is 12.0 Å². The molecule has 0 aromatic rings. The molecule has 2 aliphatic rings. The number of carbonyl (C=O) groups excluding carboxylic acids is 1. The number of rotatable bonds is 1. The molecule has 3 unspecified atom stereocenters. The fraction of sp³-hybridized carbons (Fsp3) is 0.750. The van der Waals surface area contributed by atoms with Gasteiger partial charge in [0, 0.05) is 19.6 Å². The minimum atomic E-state index is -0.861. The number of morpholine rings is 1. The number of aliphatic carboxylic acids is 1. The van der Waals surface area contributed by atoms with E-state index in [1.807, 2.05) is 13.0 Å². The van der Waals surface area contributed by atoms with Gasteiger partial charge in [-0.2, -0.15) is 5.26 Å². The highest BCUT2D eigenvalue weighted by Crippen LogP contribution is 2.24. The Hall–Kier alpha value is -1.81. The summed E-state index contributed by atoms with van der Waals surface area (Å²) in [6, 6.07) is 1.79. The summed E-state index contributed by atoms with van der Waals surface area (Å²) < 4.78 is 5.18. The van der Waals surface area contributed by atoms with Crippen LogP contribution < -0.4 is 0 Å². The normalized spacial score (nSPS) is 31.1. The second-order valence-corrected chi connectivity index (χ2v) is 5.04. The van der Waals surface area contributed by atoms with Crippen molar-refractivity contribution in [3.63, 3.8) is 0 Å². The second kappa shape index (κ2) is 5.45. The molecule has 7 nitrogen and oxygen atoms in total. The minimum Gasteiger partial charge on any atom is -0.481 e. The van der Waals surface area contributed by atoms with E-state index in [4.69, 9.17) is 15.1 Å². The van der Waals surface area contributed by atoms with Crippen molar-refractivity contribution in [1.29, 1.82) is 5.26 Å². The maximum Gasteiger partial charge on any atom is 0.320 e. The third-order valence-corrected chi connectivity index (χ3v) is 3.68. The van der Waals surface area contributed by atoms with Crippen molar-refractivity contribution in [2.75, 3.05) is 32.8 Å². The number of amides is 2. The van der Waals surface area contributed by atoms with Crippen molar-refractivity contribution in [1.82, 2.24) is 9.80 Å². The average Bonchev–Trinajstić information content (AvgIpc) is 2.80. The van der Waals surface area contributed by atoms with Crippen molar-refractivity contribution >= 4 is 12.0 Å². The zero-order valence-corrected chi connectivity index (χ0v) is 10.8. The maximum absolute atomic E-state index is 12.3. The Bertz CT molecular complexity index is 420. The smallest absolute Gasteiger partial charge is 0.320 e. The zero-order chi connectivity index (χ0) is 14.0. The molecule has 0 radical (unpaired) electrons. The first-order valence-electron chi connectivity index (χ1n) is 6.30. The van der Waals surface area contributed by atoms with Gasteiger partial charge in [-0.15, -0.1) is 0 Å². The van der Waals surface area contributed by atoms with Crippen LogP contribution in [0.4, 0.5) is 4.79 Å². The molecule has 2 fully saturated rings. The molecule has 2 aliphatic heterocycles. The van der Waals surface area contributed by atoms with E-state index in [0.29, 0.717) is 19.7 Å². The third-order valence-electron chi connectivity index (χ3n) is 3.68. The first kappa shape index (κ1) is 13.6. The van der Waals surface area contributed by atoms with E-state index in [0.717, 1.165) is 0 Å². The van der Waals surface area contributed by atoms with Gasteiger partial charge in [0.2, 0.25) is 0 Å². The summed E-state index contributed by atoms with van der Waals surface area (Å²) in [5.74, 6) is -1.41. The standard InChI is InChI=1S/C12H17N3O4/c1-8-5-15(7-10(8)11(16)17)12(18)14-2-3-19-9(4-13)6-14/h8-10H,2-3,5-7H2,1H3,(H,16,17). The Morgan fingerprint density at radius 3 is 2.63 bits per heavy atom. The Morgan fingerprint density at radius 2 is 2.05 bits per heavy atom. The Labute approximate surface area is 111 Å². The van der Waals surface area contributed by atoms with Gasteiger partial charge in [0.05, 0.1) is 25.1 Å². The molecule has 2 amide bonds. The van der Waals surface area contributed by atoms with E-state index in [2.05, 4.69) is 0 Å². The van der Waals surface area contributed by atoms with Crippen molar-refractivity contribution in [3.05, 3.63) is 0 Å². The summed E-state index contributed by atoms with van der Waals surface area (Å²) in [5.41, 5.74) is 0. The number of carboxylic acids is 1. The van der Waals surface area contributed by atoms with Crippen molar-refractivity contribution in [3.8, 4) is 6.07 Å². The van der Waals surface area contributed by atoms with E-state index >= 15 is 0 Å². The van der Waals surface area contributed by atoms with Crippen molar-refractivity contribution in [2.24, 2.45) is 11.8 Å². The summed E-state index contributed by atoms with van der Waals surface area (Å²) in [7, 11) is 0. The lowest BCUT2D eigenvalue weighted by molar-refractivity contribution is -0.142. The number of ether oxygens (including phenoxy) is 1. The van der Waals surface area contributed by atoms with E-state index in [9.17, 15) is 9.59 Å². The predicted molar refractivity (Wildman–Crippen MR) is 64.2 cm³/mol. The first-order valence-corrected chi connectivity index (χ1v) is 6.30. The summed E-state index contributed by atoms with van der Waals surface area (Å²) in [6.45, 7) is 3.56. The summed E-state index contributed by atoms with van der Waals surface area (Å²) in [6.07, 6.45) is -0.590. The molecule has 104 valence electrons. The number of urea groups is 1. The van der Waals surface area contributed by atoms with Crippen LogP contribution in [0.3, 0.4) is 0 Å². The Morgan fingerprint density at radius 1 is 1.32 bits per heavy atom. The van der Waals surface area contributed by atoms with Crippen LogP contribution in [0.25, 0.3) is 0 Å². The van der Waals surface area contributed by atoms with E-state index in [-0.39, 0.29) is 25.0 Å². The summed E-state index contributed by atoms with van der Waals surface area (Å²) in [5, 5.41) is 17.9. The molecule has 0 saturated carbocycles. The highest BCUT2D eigenvalue weighted by atomic mass is 16.5. The molecule has 2 rings (SSSR count). The van der Waals surface area contributed by atoms with Crippen LogP contribution in [0, 0.1) is 23.2 Å². The predicted octanol–water partition coefficient (Wildman–Crippen LogP) is -0.0167. The molecular weight excluding hydrogens is 250 g/mol. The molecule has 0 spiro atoms. The fourth-order valence-corrected chi connectivity index (χ4v) is 2.55. The number of nitrogens with zero attached hydrogens (tertiary/aromatic N) is 3. The lowest BCUT2D eigenvalue weighted by Crippen LogP contribution is -2.50. The van der Waals surface area contributed by atoms with Crippen LogP contribution in [0.15, 0.2) is 0 Å². The number of hydrogen-bond donors (Lipinski definition) is 1. The number of carbonyl (C=O) groups is 2. The molecule has 3 atom stereocenters. The molecule has 1 N–H and O–H groups in total. The highest BCUT2D eigenvalue weighted by molar-refractivity contribution is 5.78. The van der Waals surface area contributed by atoms with Gasteiger partial charge in [0.1, 0.15) is 0 Å². The molecule has 7 heteroatoms. The lowest BCUT2D eigenvalue weighted by Gasteiger charge is -2.33. The van der Waals surface area contributed by atoms with Gasteiger partial charge in [-0.25, -0.2) is 4.79 Å². The first-order chi connectivity index (χ1) is 9.02. The number of hydrogen-bond acceptors (Lipinski definition) is 4. The molecule has 19 heavy (non-hydrogen) atoms. The molecule has 2 saturated heterocycles. The van der Waals surface area contributed by atoms with Gasteiger partial charge in [-0.05, 0) is 5.92 Å². The van der Waals surface area contributed by atoms with Gasteiger partial charge < -0.3 is 19.6 Å². The van der Waals surface area contributed by atoms with E-state index in [1.165, 1.54) is 0 Å². The van der Waals surface area contributed by atoms with Crippen LogP contribution in [-0.2, 0) is 9.53 Å². The molecule has 0 aromatic carbocycles. The van der Waals surface area contributed by atoms with Crippen LogP contribution in [0.2, 0.25) is 0 Å². The van der Waals surface area contributed by atoms with Gasteiger partial charge in [-0.3, -0.25) is 4.79 Å². The largest absolute Gasteiger partial charge is 0.481 e. The fourth-order valence-electron chi connectivity index (χ4n) is 2.55. The lowest BCUT2D eigenvalue weighted by atomic mass is 9.99. The van der Waals surface area contributed by atoms with Crippen LogP contribution in [0.5, 0.6) is 0 Å². The van der Waals surface area contributed by atoms with Crippen LogP contribution in [-0.4, -0.2) is 65.8 Å². The van der Waals surface area contributed by atoms with Crippen LogP contribution >= 0.6 is 0 Å². The second-order valence-electron chi connectivity index (χ2n) is 5.04. The van der Waals surface area contributed by atoms with E-state index < -0.39 is 18.0 Å². The quantitative estimate of drug-likeness (QED) is 0.720. The van der Waals surface area contributed by atoms with Crippen molar-refractivity contribution < 1.29 is 19.4 Å². The van der Waals surface area contributed by atoms with Crippen molar-refractivity contribution in [2.45, 2.75) is 13.0 Å². The molecular formula is C12H17N3O4. The molecule has 0 aromatic heterocycles. The Balaban J connectivity index is 1.97. The summed E-state index contributed by atoms with van der Waals surface area (Å²) in [4.78, 5) is 26.4. The maximum atomic E-state index is 12.3.